The van der Waals surface area contributed by atoms with Crippen LogP contribution in [-0.4, -0.2) is 26.4 Å². The van der Waals surface area contributed by atoms with E-state index in [1.165, 1.54) is 24.3 Å². The highest BCUT2D eigenvalue weighted by Crippen LogP contribution is 2.28. The second-order valence-electron chi connectivity index (χ2n) is 7.25. The molecule has 174 valence electrons. The van der Waals surface area contributed by atoms with Crippen molar-refractivity contribution in [3.05, 3.63) is 77.0 Å². The van der Waals surface area contributed by atoms with Crippen LogP contribution in [0.1, 0.15) is 28.5 Å². The molecule has 34 heavy (non-hydrogen) atoms. The molecular weight excluding hydrogens is 461 g/mol. The van der Waals surface area contributed by atoms with Crippen molar-refractivity contribution in [1.29, 1.82) is 5.26 Å². The fourth-order valence-corrected chi connectivity index (χ4v) is 3.79. The summed E-state index contributed by atoms with van der Waals surface area (Å²) in [5.41, 5.74) is 2.05. The Morgan fingerprint density at radius 2 is 2.06 bits per heavy atom. The van der Waals surface area contributed by atoms with Crippen molar-refractivity contribution in [3.63, 3.8) is 0 Å². The zero-order chi connectivity index (χ0) is 24.1. The van der Waals surface area contributed by atoms with Gasteiger partial charge in [-0.1, -0.05) is 11.8 Å². The number of nitriles is 1. The van der Waals surface area contributed by atoms with Gasteiger partial charge in [-0.05, 0) is 55.8 Å². The van der Waals surface area contributed by atoms with Crippen molar-refractivity contribution < 1.29 is 22.8 Å². The van der Waals surface area contributed by atoms with E-state index in [4.69, 9.17) is 13.6 Å². The molecule has 3 aromatic heterocycles. The van der Waals surface area contributed by atoms with Crippen LogP contribution in [0.4, 0.5) is 10.2 Å². The largest absolute Gasteiger partial charge is 0.484 e. The number of nitrogens with zero attached hydrogens (tertiary/aromatic N) is 4. The van der Waals surface area contributed by atoms with E-state index < -0.39 is 0 Å². The van der Waals surface area contributed by atoms with Gasteiger partial charge in [0.25, 0.3) is 11.1 Å². The van der Waals surface area contributed by atoms with Gasteiger partial charge in [-0.2, -0.15) is 5.26 Å². The normalized spacial score (nSPS) is 10.8. The lowest BCUT2D eigenvalue weighted by atomic mass is 10.2. The smallest absolute Gasteiger partial charge is 0.277 e. The molecule has 0 aliphatic rings. The quantitative estimate of drug-likeness (QED) is 0.348. The molecule has 1 amide bonds. The van der Waals surface area contributed by atoms with Gasteiger partial charge >= 0.3 is 0 Å². The number of carbonyl (C=O) groups excluding carboxylic acids is 1. The van der Waals surface area contributed by atoms with Crippen LogP contribution in [0.15, 0.2) is 56.7 Å². The molecule has 0 aliphatic carbocycles. The summed E-state index contributed by atoms with van der Waals surface area (Å²) in [5, 5.41) is 20.4. The molecule has 11 heteroatoms. The second-order valence-corrected chi connectivity index (χ2v) is 8.18. The minimum Gasteiger partial charge on any atom is -0.484 e. The summed E-state index contributed by atoms with van der Waals surface area (Å²) < 4.78 is 31.2. The number of benzene rings is 1. The van der Waals surface area contributed by atoms with Crippen LogP contribution in [0, 0.1) is 31.0 Å². The number of amides is 1. The molecule has 0 bridgehead atoms. The van der Waals surface area contributed by atoms with Gasteiger partial charge in [0.15, 0.2) is 6.61 Å². The first-order chi connectivity index (χ1) is 16.4. The molecule has 1 N–H and O–H groups in total. The zero-order valence-electron chi connectivity index (χ0n) is 18.4. The van der Waals surface area contributed by atoms with E-state index in [1.54, 1.807) is 12.3 Å². The molecule has 4 aromatic rings. The number of hydrogen-bond donors (Lipinski definition) is 1. The average molecular weight is 482 g/mol. The van der Waals surface area contributed by atoms with Gasteiger partial charge in [-0.15, -0.1) is 10.2 Å². The standard InChI is InChI=1S/C23H20FN5O4S/c1-14-15(2)29(11-18-4-3-9-31-18)22(19(14)10-25)26-20(30)13-34-23-28-27-21(33-23)12-32-17-7-5-16(24)6-8-17/h3-9H,11-13H2,1-2H3,(H,26,30). The van der Waals surface area contributed by atoms with Gasteiger partial charge in [-0.3, -0.25) is 4.79 Å². The summed E-state index contributed by atoms with van der Waals surface area (Å²) in [7, 11) is 0. The third-order valence-corrected chi connectivity index (χ3v) is 5.86. The van der Waals surface area contributed by atoms with Gasteiger partial charge in [-0.25, -0.2) is 4.39 Å². The van der Waals surface area contributed by atoms with Crippen LogP contribution in [0.25, 0.3) is 0 Å². The molecule has 0 atom stereocenters. The number of anilines is 1. The maximum atomic E-state index is 13.0. The fourth-order valence-electron chi connectivity index (χ4n) is 3.21. The molecule has 0 unspecified atom stereocenters. The zero-order valence-corrected chi connectivity index (χ0v) is 19.2. The molecule has 0 radical (unpaired) electrons. The van der Waals surface area contributed by atoms with Crippen LogP contribution >= 0.6 is 11.8 Å². The highest BCUT2D eigenvalue weighted by molar-refractivity contribution is 7.99. The molecule has 4 rings (SSSR count). The molecule has 3 heterocycles. The van der Waals surface area contributed by atoms with Crippen LogP contribution in [0.2, 0.25) is 0 Å². The van der Waals surface area contributed by atoms with Crippen molar-refractivity contribution in [2.45, 2.75) is 32.2 Å². The van der Waals surface area contributed by atoms with Crippen LogP contribution < -0.4 is 10.1 Å². The average Bonchev–Trinajstić information content (AvgIpc) is 3.56. The van der Waals surface area contributed by atoms with E-state index in [-0.39, 0.29) is 35.2 Å². The van der Waals surface area contributed by atoms with Crippen molar-refractivity contribution in [2.24, 2.45) is 0 Å². The number of furan rings is 1. The number of carbonyl (C=O) groups is 1. The number of aromatic nitrogens is 3. The minimum absolute atomic E-state index is 0.00461. The SMILES string of the molecule is Cc1c(C#N)c(NC(=O)CSc2nnc(COc3ccc(F)cc3)o2)n(Cc2ccco2)c1C. The first-order valence-corrected chi connectivity index (χ1v) is 11.2. The maximum Gasteiger partial charge on any atom is 0.277 e. The number of nitrogens with one attached hydrogen (secondary N) is 1. The third kappa shape index (κ3) is 5.29. The summed E-state index contributed by atoms with van der Waals surface area (Å²) in [6, 6.07) is 11.3. The first kappa shape index (κ1) is 23.1. The Bertz CT molecular complexity index is 1320. The van der Waals surface area contributed by atoms with Crippen molar-refractivity contribution in [3.8, 4) is 11.8 Å². The lowest BCUT2D eigenvalue weighted by Crippen LogP contribution is -2.18. The van der Waals surface area contributed by atoms with Crippen LogP contribution in [0.3, 0.4) is 0 Å². The predicted octanol–water partition coefficient (Wildman–Crippen LogP) is 4.45. The monoisotopic (exact) mass is 481 g/mol. The van der Waals surface area contributed by atoms with Crippen molar-refractivity contribution >= 4 is 23.5 Å². The van der Waals surface area contributed by atoms with Crippen molar-refractivity contribution in [1.82, 2.24) is 14.8 Å². The van der Waals surface area contributed by atoms with Crippen LogP contribution in [0.5, 0.6) is 5.75 Å². The molecule has 0 saturated heterocycles. The molecular formula is C23H20FN5O4S. The van der Waals surface area contributed by atoms with E-state index in [0.717, 1.165) is 23.0 Å². The van der Waals surface area contributed by atoms with Gasteiger partial charge < -0.3 is 23.5 Å². The van der Waals surface area contributed by atoms with Crippen molar-refractivity contribution in [2.75, 3.05) is 11.1 Å². The lowest BCUT2D eigenvalue weighted by molar-refractivity contribution is -0.113. The maximum absolute atomic E-state index is 13.0. The number of rotatable bonds is 9. The van der Waals surface area contributed by atoms with E-state index in [0.29, 0.717) is 29.4 Å². The summed E-state index contributed by atoms with van der Waals surface area (Å²) >= 11 is 1.06. The summed E-state index contributed by atoms with van der Waals surface area (Å²) in [6.45, 7) is 4.11. The number of halogens is 1. The number of ether oxygens (including phenoxy) is 1. The topological polar surface area (TPSA) is 119 Å². The Hall–Kier alpha value is -4.04. The summed E-state index contributed by atoms with van der Waals surface area (Å²) in [6.07, 6.45) is 1.57. The Morgan fingerprint density at radius 1 is 1.26 bits per heavy atom. The lowest BCUT2D eigenvalue weighted by Gasteiger charge is -2.11. The minimum atomic E-state index is -0.359. The van der Waals surface area contributed by atoms with Crippen LogP contribution in [-0.2, 0) is 17.9 Å². The summed E-state index contributed by atoms with van der Waals surface area (Å²) in [5.74, 6) is 1.11. The Morgan fingerprint density at radius 3 is 2.76 bits per heavy atom. The highest BCUT2D eigenvalue weighted by atomic mass is 32.2. The number of hydrogen-bond acceptors (Lipinski definition) is 8. The molecule has 0 saturated carbocycles. The Kier molecular flexibility index (Phi) is 6.98. The van der Waals surface area contributed by atoms with Gasteiger partial charge in [0, 0.05) is 5.69 Å². The van der Waals surface area contributed by atoms with E-state index in [2.05, 4.69) is 21.6 Å². The molecule has 0 spiro atoms. The first-order valence-electron chi connectivity index (χ1n) is 10.2. The van der Waals surface area contributed by atoms with Gasteiger partial charge in [0.1, 0.15) is 29.2 Å². The number of thioether (sulfide) groups is 1. The van der Waals surface area contributed by atoms with Gasteiger partial charge in [0.05, 0.1) is 24.1 Å². The highest BCUT2D eigenvalue weighted by Gasteiger charge is 2.21. The predicted molar refractivity (Wildman–Crippen MR) is 121 cm³/mol. The second kappa shape index (κ2) is 10.3. The fraction of sp³-hybridized carbons (Fsp3) is 0.217. The molecule has 0 aliphatic heterocycles. The Labute approximate surface area is 198 Å². The van der Waals surface area contributed by atoms with Gasteiger partial charge in [0.2, 0.25) is 5.91 Å². The van der Waals surface area contributed by atoms with E-state index >= 15 is 0 Å². The van der Waals surface area contributed by atoms with E-state index in [1.807, 2.05) is 24.5 Å². The Balaban J connectivity index is 1.37. The third-order valence-electron chi connectivity index (χ3n) is 5.04. The molecule has 1 aromatic carbocycles. The van der Waals surface area contributed by atoms with E-state index in [9.17, 15) is 14.4 Å². The molecule has 9 nitrogen and oxygen atoms in total. The summed E-state index contributed by atoms with van der Waals surface area (Å²) in [4.78, 5) is 12.7. The molecule has 0 fully saturated rings.